The molecule has 0 amide bonds. The van der Waals surface area contributed by atoms with Crippen LogP contribution in [-0.4, -0.2) is 15.9 Å². The van der Waals surface area contributed by atoms with Crippen molar-refractivity contribution in [3.8, 4) is 45.0 Å². The van der Waals surface area contributed by atoms with Crippen LogP contribution in [0.25, 0.3) is 44.4 Å². The zero-order valence-electron chi connectivity index (χ0n) is 29.9. The second-order valence-electron chi connectivity index (χ2n) is 12.9. The van der Waals surface area contributed by atoms with Gasteiger partial charge in [0.05, 0.1) is 17.0 Å². The number of carbonyl (C=O) groups is 1. The number of allylic oxidation sites excluding steroid dienone is 2. The summed E-state index contributed by atoms with van der Waals surface area (Å²) in [6, 6.07) is 33.2. The third-order valence-corrected chi connectivity index (χ3v) is 7.52. The van der Waals surface area contributed by atoms with Crippen molar-refractivity contribution in [2.45, 2.75) is 60.8 Å². The number of ether oxygens (including phenoxy) is 1. The van der Waals surface area contributed by atoms with Crippen LogP contribution in [0.4, 0.5) is 0 Å². The predicted molar refractivity (Wildman–Crippen MR) is 190 cm³/mol. The molecule has 1 N–H and O–H groups in total. The van der Waals surface area contributed by atoms with Crippen molar-refractivity contribution < 1.29 is 37.5 Å². The molecular weight excluding hydrogens is 759 g/mol. The Labute approximate surface area is 296 Å². The Bertz CT molecular complexity index is 1970. The maximum absolute atomic E-state index is 11.2. The molecule has 0 saturated carbocycles. The van der Waals surface area contributed by atoms with E-state index in [-0.39, 0.29) is 37.6 Å². The molecule has 0 aliphatic carbocycles. The van der Waals surface area contributed by atoms with Crippen LogP contribution in [0.5, 0.6) is 11.5 Å². The summed E-state index contributed by atoms with van der Waals surface area (Å²) in [5, 5.41) is 10.2. The molecule has 0 bridgehead atoms. The minimum Gasteiger partial charge on any atom is -0.512 e. The van der Waals surface area contributed by atoms with Crippen molar-refractivity contribution >= 4 is 16.7 Å². The topological polar surface area (TPSA) is 59.4 Å². The smallest absolute Gasteiger partial charge is 0.159 e. The van der Waals surface area contributed by atoms with E-state index in [1.807, 2.05) is 114 Å². The van der Waals surface area contributed by atoms with Gasteiger partial charge in [-0.1, -0.05) is 120 Å². The summed E-state index contributed by atoms with van der Waals surface area (Å²) in [5.41, 5.74) is 6.97. The third-order valence-electron chi connectivity index (χ3n) is 7.52. The van der Waals surface area contributed by atoms with Gasteiger partial charge in [-0.25, -0.2) is 0 Å². The molecule has 4 aromatic carbocycles. The number of hydrogen-bond acceptors (Lipinski definition) is 4. The fraction of sp³-hybridized carbons (Fsp3) is 0.286. The molecule has 1 aromatic heterocycles. The van der Waals surface area contributed by atoms with Crippen molar-refractivity contribution in [1.29, 1.82) is 0 Å². The molecule has 0 fully saturated rings. The van der Waals surface area contributed by atoms with E-state index in [9.17, 15) is 9.90 Å². The molecule has 0 unspecified atom stereocenters. The van der Waals surface area contributed by atoms with Gasteiger partial charge >= 0.3 is 0 Å². The molecule has 0 saturated heterocycles. The summed E-state index contributed by atoms with van der Waals surface area (Å²) < 4.78 is 24.2. The van der Waals surface area contributed by atoms with Gasteiger partial charge in [0.1, 0.15) is 5.75 Å². The molecule has 1 aliphatic heterocycles. The summed E-state index contributed by atoms with van der Waals surface area (Å²) in [7, 11) is 0. The number of hydrogen-bond donors (Lipinski definition) is 1. The number of benzene rings is 4. The third kappa shape index (κ3) is 8.86. The second kappa shape index (κ2) is 16.2. The van der Waals surface area contributed by atoms with Gasteiger partial charge in [-0.3, -0.25) is 9.78 Å². The van der Waals surface area contributed by atoms with E-state index in [0.29, 0.717) is 35.9 Å². The Balaban J connectivity index is 0.000000332. The summed E-state index contributed by atoms with van der Waals surface area (Å²) >= 11 is 0. The van der Waals surface area contributed by atoms with Gasteiger partial charge < -0.3 is 9.84 Å². The number of para-hydroxylation sites is 2. The van der Waals surface area contributed by atoms with E-state index >= 15 is 0 Å². The van der Waals surface area contributed by atoms with Crippen LogP contribution in [0.1, 0.15) is 62.7 Å². The Morgan fingerprint density at radius 2 is 1.47 bits per heavy atom. The maximum Gasteiger partial charge on any atom is 0.159 e. The summed E-state index contributed by atoms with van der Waals surface area (Å²) in [5.74, 6) is 2.32. The van der Waals surface area contributed by atoms with Crippen LogP contribution in [0, 0.1) is 23.8 Å². The Morgan fingerprint density at radius 3 is 2.17 bits per heavy atom. The summed E-state index contributed by atoms with van der Waals surface area (Å²) in [6.07, 6.45) is 0.944. The van der Waals surface area contributed by atoms with Crippen LogP contribution >= 0.6 is 0 Å². The molecule has 4 nitrogen and oxygen atoms in total. The van der Waals surface area contributed by atoms with E-state index in [4.69, 9.17) is 12.5 Å². The van der Waals surface area contributed by atoms with Gasteiger partial charge in [0, 0.05) is 52.7 Å². The van der Waals surface area contributed by atoms with Gasteiger partial charge in [0.2, 0.25) is 0 Å². The molecule has 5 heteroatoms. The number of pyridine rings is 1. The fourth-order valence-corrected chi connectivity index (χ4v) is 5.72. The van der Waals surface area contributed by atoms with Crippen LogP contribution in [0.2, 0.25) is 0 Å². The van der Waals surface area contributed by atoms with Gasteiger partial charge in [-0.15, -0.1) is 17.7 Å². The van der Waals surface area contributed by atoms with Gasteiger partial charge in [-0.2, -0.15) is 0 Å². The molecule has 0 atom stereocenters. The minimum absolute atomic E-state index is 0. The molecule has 1 aliphatic rings. The molecule has 2 heterocycles. The van der Waals surface area contributed by atoms with Crippen LogP contribution in [0.3, 0.4) is 0 Å². The summed E-state index contributed by atoms with van der Waals surface area (Å²) in [4.78, 5) is 16.2. The van der Waals surface area contributed by atoms with Crippen molar-refractivity contribution in [3.63, 3.8) is 0 Å². The van der Waals surface area contributed by atoms with Gasteiger partial charge in [-0.05, 0) is 58.6 Å². The first-order chi connectivity index (χ1) is 22.9. The first-order valence-corrected chi connectivity index (χ1v) is 16.1. The Kier molecular flexibility index (Phi) is 11.3. The molecule has 1 radical (unpaired) electrons. The Hall–Kier alpha value is -4.05. The number of fused-ring (bicyclic) bond motifs is 6. The van der Waals surface area contributed by atoms with Crippen molar-refractivity contribution in [1.82, 2.24) is 4.98 Å². The SMILES string of the molecule is CC(C)CC(=O)/C=C(\O)CC(C)C.[2H]C([2H])(c1cc(-c2[c-]ccc3c2-c2ccccc2-c2ccccc2O3)nc2ccccc12)C(C)C.[Ir]. The molecule has 245 valence electrons. The number of aromatic nitrogens is 1. The number of rotatable bonds is 8. The zero-order chi connectivity index (χ0) is 34.6. The average molecular weight is 805 g/mol. The first kappa shape index (κ1) is 32.9. The van der Waals surface area contributed by atoms with Gasteiger partial charge in [0.15, 0.2) is 5.78 Å². The monoisotopic (exact) mass is 805 g/mol. The number of carbonyl (C=O) groups excluding carboxylic acids is 1. The van der Waals surface area contributed by atoms with Crippen molar-refractivity contribution in [2.75, 3.05) is 0 Å². The second-order valence-corrected chi connectivity index (χ2v) is 12.9. The molecule has 5 aromatic rings. The standard InChI is InChI=1S/C31H24NO.C11H20O2.Ir/c1-20(2)18-21-19-28(32-27-15-7-5-10-22(21)27)26-14-9-17-30-31(26)25-13-4-3-11-23(25)24-12-6-8-16-29(24)33-30;1-8(2)5-10(12)7-11(13)6-9(3)4;/h3-13,15-17,19-20H,18H2,1-2H3;7-9,12H,5-6H2,1-4H3;/q-1;;/b;10-7-;/i18D2;;. The Morgan fingerprint density at radius 1 is 0.830 bits per heavy atom. The normalized spacial score (nSPS) is 12.8. The molecule has 47 heavy (non-hydrogen) atoms. The summed E-state index contributed by atoms with van der Waals surface area (Å²) in [6.45, 7) is 11.8. The predicted octanol–water partition coefficient (Wildman–Crippen LogP) is 11.4. The average Bonchev–Trinajstić information content (AvgIpc) is 3.18. The van der Waals surface area contributed by atoms with Crippen LogP contribution in [-0.2, 0) is 31.3 Å². The van der Waals surface area contributed by atoms with Crippen LogP contribution < -0.4 is 4.74 Å². The van der Waals surface area contributed by atoms with E-state index in [0.717, 1.165) is 50.2 Å². The molecule has 6 rings (SSSR count). The minimum atomic E-state index is -1.52. The van der Waals surface area contributed by atoms with Crippen LogP contribution in [0.15, 0.2) is 103 Å². The van der Waals surface area contributed by atoms with Crippen molar-refractivity contribution in [3.05, 3.63) is 114 Å². The molecule has 0 spiro atoms. The number of aliphatic hydroxyl groups excluding tert-OH is 1. The molecular formula is C42H44IrNO3-. The van der Waals surface area contributed by atoms with E-state index in [2.05, 4.69) is 24.3 Å². The number of ketones is 1. The number of nitrogens with zero attached hydrogens (tertiary/aromatic N) is 1. The van der Waals surface area contributed by atoms with E-state index in [1.54, 1.807) is 0 Å². The maximum atomic E-state index is 11.2. The first-order valence-electron chi connectivity index (χ1n) is 17.1. The quantitative estimate of drug-likeness (QED) is 0.0946. The number of aliphatic hydroxyl groups is 1. The zero-order valence-corrected chi connectivity index (χ0v) is 30.3. The van der Waals surface area contributed by atoms with Crippen molar-refractivity contribution in [2.24, 2.45) is 17.8 Å². The largest absolute Gasteiger partial charge is 0.512 e. The van der Waals surface area contributed by atoms with E-state index in [1.165, 1.54) is 6.08 Å². The van der Waals surface area contributed by atoms with E-state index < -0.39 is 6.37 Å². The van der Waals surface area contributed by atoms with Gasteiger partial charge in [0.25, 0.3) is 0 Å². The fourth-order valence-electron chi connectivity index (χ4n) is 5.72.